The average molecular weight is 416 g/mol. The summed E-state index contributed by atoms with van der Waals surface area (Å²) in [7, 11) is 0. The number of nitrogens with two attached hydrogens (primary N) is 1. The summed E-state index contributed by atoms with van der Waals surface area (Å²) >= 11 is 0. The van der Waals surface area contributed by atoms with Crippen LogP contribution in [-0.4, -0.2) is 59.3 Å². The van der Waals surface area contributed by atoms with E-state index in [9.17, 15) is 4.79 Å². The van der Waals surface area contributed by atoms with E-state index in [-0.39, 0.29) is 18.1 Å². The van der Waals surface area contributed by atoms with Gasteiger partial charge in [-0.1, -0.05) is 12.1 Å². The predicted octanol–water partition coefficient (Wildman–Crippen LogP) is 3.09. The van der Waals surface area contributed by atoms with Gasteiger partial charge in [0, 0.05) is 25.8 Å². The molecule has 1 atom stereocenters. The van der Waals surface area contributed by atoms with Crippen LogP contribution in [0.3, 0.4) is 0 Å². The van der Waals surface area contributed by atoms with Gasteiger partial charge in [-0.3, -0.25) is 14.7 Å². The highest BCUT2D eigenvalue weighted by Gasteiger charge is 2.33. The third-order valence-corrected chi connectivity index (χ3v) is 6.28. The number of aromatic nitrogens is 1. The van der Waals surface area contributed by atoms with Crippen molar-refractivity contribution in [3.63, 3.8) is 0 Å². The summed E-state index contributed by atoms with van der Waals surface area (Å²) in [6.07, 6.45) is 4.22. The molecule has 158 valence electrons. The van der Waals surface area contributed by atoms with Gasteiger partial charge in [0.15, 0.2) is 5.58 Å². The van der Waals surface area contributed by atoms with Gasteiger partial charge in [0.05, 0.1) is 17.9 Å². The van der Waals surface area contributed by atoms with Crippen LogP contribution in [0.15, 0.2) is 45.8 Å². The fraction of sp³-hybridized carbons (Fsp3) is 0.348. The highest BCUT2D eigenvalue weighted by molar-refractivity contribution is 5.90. The number of carbonyl (C=O) groups is 1. The van der Waals surface area contributed by atoms with E-state index in [1.165, 1.54) is 12.8 Å². The summed E-state index contributed by atoms with van der Waals surface area (Å²) in [6, 6.07) is 12.1. The highest BCUT2D eigenvalue weighted by Crippen LogP contribution is 2.35. The molecule has 3 aliphatic rings. The molecule has 1 saturated heterocycles. The summed E-state index contributed by atoms with van der Waals surface area (Å²) in [4.78, 5) is 25.8. The van der Waals surface area contributed by atoms with Crippen LogP contribution in [0.1, 0.15) is 12.8 Å². The molecule has 31 heavy (non-hydrogen) atoms. The number of nitrogen functional groups attached to an aromatic ring is 1. The number of carbonyl (C=O) groups excluding carboxylic acids is 1. The second-order valence-electron chi connectivity index (χ2n) is 8.60. The van der Waals surface area contributed by atoms with E-state index < -0.39 is 0 Å². The molecule has 3 N–H and O–H groups in total. The Labute approximate surface area is 179 Å². The normalized spacial score (nSPS) is 21.4. The zero-order valence-electron chi connectivity index (χ0n) is 17.1. The largest absolute Gasteiger partial charge is 0.424 e. The topological polar surface area (TPSA) is 100.0 Å². The van der Waals surface area contributed by atoms with Gasteiger partial charge >= 0.3 is 0 Å². The zero-order valence-corrected chi connectivity index (χ0v) is 17.1. The number of oxazole rings is 1. The third kappa shape index (κ3) is 3.53. The predicted molar refractivity (Wildman–Crippen MR) is 120 cm³/mol. The SMILES string of the molecule is Nc1nc2cc(-c3ccc4c(c3)NC(N3CCN(CC5CC5)CC3=O)C=N4)ccc2o1. The number of aliphatic imine (C=N–C) groups is 1. The second-order valence-corrected chi connectivity index (χ2v) is 8.60. The van der Waals surface area contributed by atoms with Crippen LogP contribution in [0.2, 0.25) is 0 Å². The van der Waals surface area contributed by atoms with Crippen molar-refractivity contribution in [2.45, 2.75) is 19.0 Å². The molecular formula is C23H24N6O2. The fourth-order valence-electron chi connectivity index (χ4n) is 4.43. The summed E-state index contributed by atoms with van der Waals surface area (Å²) in [6.45, 7) is 3.19. The van der Waals surface area contributed by atoms with Gasteiger partial charge in [-0.05, 0) is 54.2 Å². The Balaban J connectivity index is 1.21. The van der Waals surface area contributed by atoms with Crippen molar-refractivity contribution in [3.8, 4) is 11.1 Å². The van der Waals surface area contributed by atoms with E-state index in [4.69, 9.17) is 10.2 Å². The monoisotopic (exact) mass is 416 g/mol. The Morgan fingerprint density at radius 1 is 1.13 bits per heavy atom. The van der Waals surface area contributed by atoms with E-state index in [0.717, 1.165) is 47.0 Å². The Bertz CT molecular complexity index is 1200. The number of anilines is 2. The number of benzene rings is 2. The van der Waals surface area contributed by atoms with E-state index in [2.05, 4.69) is 26.3 Å². The van der Waals surface area contributed by atoms with Crippen molar-refractivity contribution >= 4 is 40.6 Å². The molecule has 2 aliphatic heterocycles. The van der Waals surface area contributed by atoms with Crippen molar-refractivity contribution in [2.24, 2.45) is 10.9 Å². The zero-order chi connectivity index (χ0) is 20.9. The smallest absolute Gasteiger partial charge is 0.292 e. The fourth-order valence-corrected chi connectivity index (χ4v) is 4.43. The lowest BCUT2D eigenvalue weighted by molar-refractivity contribution is -0.136. The lowest BCUT2D eigenvalue weighted by Crippen LogP contribution is -2.57. The molecule has 2 aromatic carbocycles. The van der Waals surface area contributed by atoms with Crippen LogP contribution in [0, 0.1) is 5.92 Å². The molecule has 1 aromatic heterocycles. The van der Waals surface area contributed by atoms with Gasteiger partial charge in [-0.2, -0.15) is 4.98 Å². The van der Waals surface area contributed by atoms with Gasteiger partial charge in [0.2, 0.25) is 5.91 Å². The van der Waals surface area contributed by atoms with Crippen molar-refractivity contribution in [2.75, 3.05) is 37.2 Å². The molecular weight excluding hydrogens is 392 g/mol. The van der Waals surface area contributed by atoms with Crippen LogP contribution < -0.4 is 11.1 Å². The first-order valence-electron chi connectivity index (χ1n) is 10.8. The second kappa shape index (κ2) is 7.09. The van der Waals surface area contributed by atoms with E-state index in [1.807, 2.05) is 41.4 Å². The van der Waals surface area contributed by atoms with E-state index in [0.29, 0.717) is 18.7 Å². The number of rotatable bonds is 4. The number of nitrogens with zero attached hydrogens (tertiary/aromatic N) is 4. The van der Waals surface area contributed by atoms with Crippen LogP contribution >= 0.6 is 0 Å². The van der Waals surface area contributed by atoms with Gasteiger partial charge < -0.3 is 20.4 Å². The lowest BCUT2D eigenvalue weighted by Gasteiger charge is -2.39. The summed E-state index contributed by atoms with van der Waals surface area (Å²) in [5, 5.41) is 3.50. The lowest BCUT2D eigenvalue weighted by atomic mass is 10.0. The van der Waals surface area contributed by atoms with E-state index >= 15 is 0 Å². The van der Waals surface area contributed by atoms with Crippen molar-refractivity contribution in [1.82, 2.24) is 14.8 Å². The quantitative estimate of drug-likeness (QED) is 0.678. The van der Waals surface area contributed by atoms with Crippen molar-refractivity contribution in [3.05, 3.63) is 36.4 Å². The standard InChI is InChI=1S/C23H24N6O2/c24-23-27-19-10-16(4-6-20(19)31-23)15-3-5-17-18(9-15)26-21(11-25-17)29-8-7-28(13-22(29)30)12-14-1-2-14/h3-6,9-11,14,21,26H,1-2,7-8,12-13H2,(H2,24,27). The molecule has 0 bridgehead atoms. The first-order chi connectivity index (χ1) is 15.1. The number of nitrogens with one attached hydrogen (secondary N) is 1. The molecule has 1 saturated carbocycles. The summed E-state index contributed by atoms with van der Waals surface area (Å²) in [5.74, 6) is 0.955. The van der Waals surface area contributed by atoms with Gasteiger partial charge in [0.25, 0.3) is 6.01 Å². The van der Waals surface area contributed by atoms with Crippen molar-refractivity contribution < 1.29 is 9.21 Å². The van der Waals surface area contributed by atoms with Crippen LogP contribution in [-0.2, 0) is 4.79 Å². The first-order valence-corrected chi connectivity index (χ1v) is 10.8. The molecule has 2 fully saturated rings. The molecule has 1 amide bonds. The number of piperazine rings is 1. The minimum atomic E-state index is -0.226. The van der Waals surface area contributed by atoms with Crippen LogP contribution in [0.4, 0.5) is 17.4 Å². The maximum Gasteiger partial charge on any atom is 0.292 e. The van der Waals surface area contributed by atoms with Gasteiger partial charge in [-0.25, -0.2) is 0 Å². The Morgan fingerprint density at radius 3 is 2.81 bits per heavy atom. The van der Waals surface area contributed by atoms with Crippen LogP contribution in [0.25, 0.3) is 22.2 Å². The molecule has 0 spiro atoms. The summed E-state index contributed by atoms with van der Waals surface area (Å²) < 4.78 is 5.37. The molecule has 1 aliphatic carbocycles. The Kier molecular flexibility index (Phi) is 4.21. The van der Waals surface area contributed by atoms with Gasteiger partial charge in [0.1, 0.15) is 11.7 Å². The number of hydrogen-bond donors (Lipinski definition) is 2. The molecule has 1 unspecified atom stereocenters. The number of hydrogen-bond acceptors (Lipinski definition) is 7. The number of amides is 1. The highest BCUT2D eigenvalue weighted by atomic mass is 16.4. The maximum atomic E-state index is 12.8. The first kappa shape index (κ1) is 18.4. The third-order valence-electron chi connectivity index (χ3n) is 6.28. The maximum absolute atomic E-state index is 12.8. The van der Waals surface area contributed by atoms with Crippen molar-refractivity contribution in [1.29, 1.82) is 0 Å². The number of fused-ring (bicyclic) bond motifs is 2. The Morgan fingerprint density at radius 2 is 1.97 bits per heavy atom. The summed E-state index contributed by atoms with van der Waals surface area (Å²) in [5.41, 5.74) is 10.9. The molecule has 3 aromatic rings. The minimum Gasteiger partial charge on any atom is -0.424 e. The minimum absolute atomic E-state index is 0.157. The average Bonchev–Trinajstić information content (AvgIpc) is 3.50. The van der Waals surface area contributed by atoms with Crippen LogP contribution in [0.5, 0.6) is 0 Å². The molecule has 8 nitrogen and oxygen atoms in total. The Hall–Kier alpha value is -3.39. The molecule has 6 rings (SSSR count). The molecule has 8 heteroatoms. The van der Waals surface area contributed by atoms with E-state index in [1.54, 1.807) is 0 Å². The molecule has 0 radical (unpaired) electrons. The molecule has 3 heterocycles. The van der Waals surface area contributed by atoms with Gasteiger partial charge in [-0.15, -0.1) is 0 Å².